The van der Waals surface area contributed by atoms with Crippen molar-refractivity contribution in [2.45, 2.75) is 0 Å². The zero-order valence-electron chi connectivity index (χ0n) is 7.94. The Labute approximate surface area is 93.8 Å². The molecule has 0 bridgehead atoms. The first-order chi connectivity index (χ1) is 6.54. The van der Waals surface area contributed by atoms with Gasteiger partial charge in [-0.1, -0.05) is 36.5 Å². The van der Waals surface area contributed by atoms with Crippen LogP contribution in [0.15, 0.2) is 24.3 Å². The van der Waals surface area contributed by atoms with Crippen LogP contribution in [0.3, 0.4) is 0 Å². The van der Waals surface area contributed by atoms with E-state index in [2.05, 4.69) is 12.8 Å². The van der Waals surface area contributed by atoms with E-state index in [1.165, 1.54) is 9.21 Å². The van der Waals surface area contributed by atoms with Crippen LogP contribution in [0.4, 0.5) is 10.5 Å². The van der Waals surface area contributed by atoms with Gasteiger partial charge in [0.05, 0.1) is 10.7 Å². The number of anilines is 1. The lowest BCUT2D eigenvalue weighted by atomic mass is 10.3. The van der Waals surface area contributed by atoms with Gasteiger partial charge in [-0.3, -0.25) is 9.21 Å². The molecule has 0 aliphatic carbocycles. The molecule has 0 aliphatic rings. The van der Waals surface area contributed by atoms with Gasteiger partial charge in [-0.05, 0) is 12.1 Å². The first-order valence-corrected chi connectivity index (χ1v) is 4.76. The third-order valence-corrected chi connectivity index (χ3v) is 2.27. The number of para-hydroxylation sites is 1. The molecular weight excluding hydrogens is 220 g/mol. The molecule has 0 fully saturated rings. The molecule has 3 nitrogen and oxygen atoms in total. The summed E-state index contributed by atoms with van der Waals surface area (Å²) in [6.07, 6.45) is 0. The number of carbonyl (C=O) groups is 1. The second-order valence-electron chi connectivity index (χ2n) is 2.82. The maximum absolute atomic E-state index is 11.5. The number of hydrogen-bond acceptors (Lipinski definition) is 2. The van der Waals surface area contributed by atoms with Gasteiger partial charge in [0.15, 0.2) is 0 Å². The molecular formula is C9H11ClN2OS. The van der Waals surface area contributed by atoms with E-state index < -0.39 is 0 Å². The highest BCUT2D eigenvalue weighted by atomic mass is 35.5. The third kappa shape index (κ3) is 2.33. The molecule has 1 aromatic carbocycles. The van der Waals surface area contributed by atoms with E-state index in [0.717, 1.165) is 0 Å². The minimum atomic E-state index is -0.235. The Hall–Kier alpha value is -0.870. The van der Waals surface area contributed by atoms with Crippen LogP contribution in [0.5, 0.6) is 0 Å². The summed E-state index contributed by atoms with van der Waals surface area (Å²) in [5.41, 5.74) is 0.667. The number of hydrogen-bond donors (Lipinski definition) is 1. The van der Waals surface area contributed by atoms with Gasteiger partial charge in [-0.2, -0.15) is 0 Å². The molecule has 0 aromatic heterocycles. The van der Waals surface area contributed by atoms with Crippen molar-refractivity contribution in [3.8, 4) is 0 Å². The van der Waals surface area contributed by atoms with E-state index in [4.69, 9.17) is 11.6 Å². The fraction of sp³-hybridized carbons (Fsp3) is 0.222. The smallest absolute Gasteiger partial charge is 0.295 e. The number of halogens is 1. The molecule has 76 valence electrons. The third-order valence-electron chi connectivity index (χ3n) is 1.78. The van der Waals surface area contributed by atoms with Gasteiger partial charge >= 0.3 is 6.03 Å². The standard InChI is InChI=1S/C9H11ClN2OS/c1-11(9(13)12(2)14)8-6-4-3-5-7(8)10/h3-6,14H,1-2H3. The summed E-state index contributed by atoms with van der Waals surface area (Å²) in [7, 11) is 3.22. The molecule has 0 saturated heterocycles. The normalized spacial score (nSPS) is 9.71. The molecule has 0 unspecified atom stereocenters. The highest BCUT2D eigenvalue weighted by Gasteiger charge is 2.15. The van der Waals surface area contributed by atoms with E-state index in [9.17, 15) is 4.79 Å². The summed E-state index contributed by atoms with van der Waals surface area (Å²) in [5, 5.41) is 0.540. The maximum atomic E-state index is 11.5. The average molecular weight is 231 g/mol. The number of carbonyl (C=O) groups excluding carboxylic acids is 1. The van der Waals surface area contributed by atoms with E-state index in [1.807, 2.05) is 12.1 Å². The second kappa shape index (κ2) is 4.57. The summed E-state index contributed by atoms with van der Waals surface area (Å²) >= 11 is 9.85. The van der Waals surface area contributed by atoms with Crippen molar-refractivity contribution in [2.24, 2.45) is 0 Å². The van der Waals surface area contributed by atoms with Gasteiger partial charge in [0, 0.05) is 14.1 Å². The summed E-state index contributed by atoms with van der Waals surface area (Å²) in [6, 6.07) is 6.91. The first-order valence-electron chi connectivity index (χ1n) is 3.99. The molecule has 0 heterocycles. The Balaban J connectivity index is 2.95. The van der Waals surface area contributed by atoms with Crippen molar-refractivity contribution in [2.75, 3.05) is 19.0 Å². The molecule has 0 spiro atoms. The fourth-order valence-electron chi connectivity index (χ4n) is 1.04. The highest BCUT2D eigenvalue weighted by molar-refractivity contribution is 7.78. The average Bonchev–Trinajstić information content (AvgIpc) is 2.16. The van der Waals surface area contributed by atoms with Crippen LogP contribution in [0.25, 0.3) is 0 Å². The topological polar surface area (TPSA) is 23.6 Å². The van der Waals surface area contributed by atoms with Crippen LogP contribution in [0.2, 0.25) is 5.02 Å². The van der Waals surface area contributed by atoms with Gasteiger partial charge in [-0.15, -0.1) is 0 Å². The van der Waals surface area contributed by atoms with Gasteiger partial charge in [0.2, 0.25) is 0 Å². The van der Waals surface area contributed by atoms with E-state index in [-0.39, 0.29) is 6.03 Å². The quantitative estimate of drug-likeness (QED) is 0.737. The zero-order chi connectivity index (χ0) is 10.7. The number of thiol groups is 1. The molecule has 2 amide bonds. The summed E-state index contributed by atoms with van der Waals surface area (Å²) in [4.78, 5) is 13.0. The van der Waals surface area contributed by atoms with Gasteiger partial charge in [-0.25, -0.2) is 4.79 Å². The Bertz CT molecular complexity index is 343. The molecule has 14 heavy (non-hydrogen) atoms. The van der Waals surface area contributed by atoms with Crippen molar-refractivity contribution in [3.05, 3.63) is 29.3 Å². The molecule has 0 radical (unpaired) electrons. The SMILES string of the molecule is CN(S)C(=O)N(C)c1ccccc1Cl. The Morgan fingerprint density at radius 2 is 1.93 bits per heavy atom. The zero-order valence-corrected chi connectivity index (χ0v) is 9.59. The predicted octanol–water partition coefficient (Wildman–Crippen LogP) is 2.67. The summed E-state index contributed by atoms with van der Waals surface area (Å²) in [5.74, 6) is 0. The lowest BCUT2D eigenvalue weighted by Crippen LogP contribution is -2.33. The number of rotatable bonds is 1. The van der Waals surface area contributed by atoms with Crippen LogP contribution >= 0.6 is 24.4 Å². The molecule has 1 aromatic rings. The Kier molecular flexibility index (Phi) is 3.66. The highest BCUT2D eigenvalue weighted by Crippen LogP contribution is 2.24. The monoisotopic (exact) mass is 230 g/mol. The maximum Gasteiger partial charge on any atom is 0.333 e. The van der Waals surface area contributed by atoms with Crippen LogP contribution in [-0.2, 0) is 0 Å². The molecule has 0 N–H and O–H groups in total. The number of benzene rings is 1. The van der Waals surface area contributed by atoms with E-state index in [0.29, 0.717) is 10.7 Å². The van der Waals surface area contributed by atoms with Crippen molar-refractivity contribution in [1.82, 2.24) is 4.31 Å². The van der Waals surface area contributed by atoms with Crippen molar-refractivity contribution >= 4 is 36.1 Å². The van der Waals surface area contributed by atoms with E-state index >= 15 is 0 Å². The number of nitrogens with zero attached hydrogens (tertiary/aromatic N) is 2. The van der Waals surface area contributed by atoms with Crippen LogP contribution < -0.4 is 4.90 Å². The van der Waals surface area contributed by atoms with Crippen LogP contribution in [0, 0.1) is 0 Å². The Morgan fingerprint density at radius 3 is 2.43 bits per heavy atom. The van der Waals surface area contributed by atoms with Crippen LogP contribution in [-0.4, -0.2) is 24.4 Å². The lowest BCUT2D eigenvalue weighted by Gasteiger charge is -2.21. The minimum absolute atomic E-state index is 0.235. The van der Waals surface area contributed by atoms with Crippen molar-refractivity contribution in [1.29, 1.82) is 0 Å². The van der Waals surface area contributed by atoms with Gasteiger partial charge < -0.3 is 0 Å². The van der Waals surface area contributed by atoms with Crippen LogP contribution in [0.1, 0.15) is 0 Å². The lowest BCUT2D eigenvalue weighted by molar-refractivity contribution is 0.238. The van der Waals surface area contributed by atoms with Gasteiger partial charge in [0.1, 0.15) is 0 Å². The number of urea groups is 1. The predicted molar refractivity (Wildman–Crippen MR) is 62.0 cm³/mol. The Morgan fingerprint density at radius 1 is 1.36 bits per heavy atom. The second-order valence-corrected chi connectivity index (χ2v) is 3.82. The first kappa shape index (κ1) is 11.2. The minimum Gasteiger partial charge on any atom is -0.295 e. The fourth-order valence-corrected chi connectivity index (χ4v) is 1.44. The molecule has 0 atom stereocenters. The largest absolute Gasteiger partial charge is 0.333 e. The van der Waals surface area contributed by atoms with Crippen molar-refractivity contribution in [3.63, 3.8) is 0 Å². The molecule has 0 aliphatic heterocycles. The molecule has 5 heteroatoms. The summed E-state index contributed by atoms with van der Waals surface area (Å²) in [6.45, 7) is 0. The molecule has 1 rings (SSSR count). The van der Waals surface area contributed by atoms with E-state index in [1.54, 1.807) is 26.2 Å². The molecule has 0 saturated carbocycles. The van der Waals surface area contributed by atoms with Gasteiger partial charge in [0.25, 0.3) is 0 Å². The van der Waals surface area contributed by atoms with Crippen molar-refractivity contribution < 1.29 is 4.79 Å². The number of amides is 2. The summed E-state index contributed by atoms with van der Waals surface area (Å²) < 4.78 is 1.20.